The van der Waals surface area contributed by atoms with Crippen molar-refractivity contribution < 1.29 is 9.21 Å². The van der Waals surface area contributed by atoms with E-state index in [4.69, 9.17) is 50.8 Å². The number of nitrogens with zero attached hydrogens (tertiary/aromatic N) is 3. The lowest BCUT2D eigenvalue weighted by Crippen LogP contribution is -1.94. The molecule has 0 spiro atoms. The van der Waals surface area contributed by atoms with Gasteiger partial charge in [0.25, 0.3) is 0 Å². The summed E-state index contributed by atoms with van der Waals surface area (Å²) in [6, 6.07) is 8.32. The molecule has 2 aromatic carbocycles. The predicted octanol–water partition coefficient (Wildman–Crippen LogP) is 6.11. The number of oxazole rings is 1. The van der Waals surface area contributed by atoms with Crippen LogP contribution in [0.3, 0.4) is 0 Å². The van der Waals surface area contributed by atoms with E-state index in [2.05, 4.69) is 10.1 Å². The fourth-order valence-electron chi connectivity index (χ4n) is 2.49. The Morgan fingerprint density at radius 1 is 1.00 bits per heavy atom. The van der Waals surface area contributed by atoms with Crippen LogP contribution in [0.15, 0.2) is 40.9 Å². The number of rotatable bonds is 3. The minimum absolute atomic E-state index is 0.151. The third-order valence-electron chi connectivity index (χ3n) is 3.66. The topological polar surface area (TPSA) is 60.9 Å². The number of fused-ring (bicyclic) bond motifs is 1. The standard InChI is InChI=1S/C17H7Cl4N3O2/c18-10-4-13(21)16-14(5-10)22-17(26-16)24-6-9(7-25)15(23-24)8-1-2-11(19)12(20)3-8/h1-7H. The Balaban J connectivity index is 1.86. The molecule has 5 nitrogen and oxygen atoms in total. The van der Waals surface area contributed by atoms with Crippen LogP contribution in [0.1, 0.15) is 10.4 Å². The second-order valence-electron chi connectivity index (χ2n) is 5.36. The van der Waals surface area contributed by atoms with Crippen molar-refractivity contribution >= 4 is 63.8 Å². The molecule has 0 bridgehead atoms. The van der Waals surface area contributed by atoms with Crippen molar-refractivity contribution in [3.05, 3.63) is 62.2 Å². The lowest BCUT2D eigenvalue weighted by molar-refractivity contribution is 0.112. The molecular weight excluding hydrogens is 420 g/mol. The second-order valence-corrected chi connectivity index (χ2v) is 7.01. The van der Waals surface area contributed by atoms with Gasteiger partial charge in [-0.15, -0.1) is 0 Å². The van der Waals surface area contributed by atoms with Crippen molar-refractivity contribution in [3.8, 4) is 17.3 Å². The summed E-state index contributed by atoms with van der Waals surface area (Å²) in [7, 11) is 0. The van der Waals surface area contributed by atoms with Gasteiger partial charge >= 0.3 is 6.01 Å². The van der Waals surface area contributed by atoms with Crippen LogP contribution < -0.4 is 0 Å². The second kappa shape index (κ2) is 6.59. The average molecular weight is 427 g/mol. The molecule has 26 heavy (non-hydrogen) atoms. The summed E-state index contributed by atoms with van der Waals surface area (Å²) in [5, 5.41) is 5.93. The van der Waals surface area contributed by atoms with Crippen molar-refractivity contribution in [3.63, 3.8) is 0 Å². The Labute approximate surface area is 167 Å². The van der Waals surface area contributed by atoms with Gasteiger partial charge in [0.15, 0.2) is 11.9 Å². The smallest absolute Gasteiger partial charge is 0.323 e. The van der Waals surface area contributed by atoms with E-state index < -0.39 is 0 Å². The summed E-state index contributed by atoms with van der Waals surface area (Å²) in [6.07, 6.45) is 2.19. The van der Waals surface area contributed by atoms with Crippen LogP contribution in [0.25, 0.3) is 28.4 Å². The zero-order valence-electron chi connectivity index (χ0n) is 12.7. The maximum Gasteiger partial charge on any atom is 0.323 e. The zero-order chi connectivity index (χ0) is 18.4. The number of aldehydes is 1. The number of halogens is 4. The summed E-state index contributed by atoms with van der Waals surface area (Å²) in [6.45, 7) is 0. The van der Waals surface area contributed by atoms with Crippen LogP contribution in [-0.4, -0.2) is 21.1 Å². The molecule has 0 radical (unpaired) electrons. The third kappa shape index (κ3) is 2.97. The number of benzene rings is 2. The molecule has 2 heterocycles. The van der Waals surface area contributed by atoms with E-state index in [1.165, 1.54) is 10.9 Å². The molecule has 4 rings (SSSR count). The molecule has 130 valence electrons. The van der Waals surface area contributed by atoms with Crippen LogP contribution in [0.2, 0.25) is 20.1 Å². The SMILES string of the molecule is O=Cc1cn(-c2nc3cc(Cl)cc(Cl)c3o2)nc1-c1ccc(Cl)c(Cl)c1. The van der Waals surface area contributed by atoms with Gasteiger partial charge in [-0.2, -0.15) is 14.8 Å². The van der Waals surface area contributed by atoms with Crippen molar-refractivity contribution in [2.45, 2.75) is 0 Å². The highest BCUT2D eigenvalue weighted by Crippen LogP contribution is 2.32. The molecule has 0 N–H and O–H groups in total. The summed E-state index contributed by atoms with van der Waals surface area (Å²) in [4.78, 5) is 15.8. The molecule has 2 aromatic heterocycles. The van der Waals surface area contributed by atoms with Gasteiger partial charge in [-0.1, -0.05) is 52.5 Å². The minimum Gasteiger partial charge on any atom is -0.420 e. The summed E-state index contributed by atoms with van der Waals surface area (Å²) in [5.74, 6) is 0. The van der Waals surface area contributed by atoms with E-state index in [0.29, 0.717) is 54.3 Å². The first kappa shape index (κ1) is 17.4. The van der Waals surface area contributed by atoms with Gasteiger partial charge < -0.3 is 4.42 Å². The maximum atomic E-state index is 11.5. The molecule has 0 fully saturated rings. The van der Waals surface area contributed by atoms with Crippen molar-refractivity contribution in [1.29, 1.82) is 0 Å². The highest BCUT2D eigenvalue weighted by molar-refractivity contribution is 6.42. The van der Waals surface area contributed by atoms with Crippen LogP contribution >= 0.6 is 46.4 Å². The van der Waals surface area contributed by atoms with E-state index >= 15 is 0 Å². The van der Waals surface area contributed by atoms with Crippen LogP contribution in [0.4, 0.5) is 0 Å². The summed E-state index contributed by atoms with van der Waals surface area (Å²) in [5.41, 5.74) is 2.26. The number of carbonyl (C=O) groups excluding carboxylic acids is 1. The Hall–Kier alpha value is -2.05. The third-order valence-corrected chi connectivity index (χ3v) is 4.89. The lowest BCUT2D eigenvalue weighted by atomic mass is 10.1. The number of carbonyl (C=O) groups is 1. The van der Waals surface area contributed by atoms with Crippen LogP contribution in [-0.2, 0) is 0 Å². The van der Waals surface area contributed by atoms with Gasteiger partial charge in [-0.05, 0) is 24.3 Å². The molecule has 0 amide bonds. The van der Waals surface area contributed by atoms with Gasteiger partial charge in [0.2, 0.25) is 0 Å². The largest absolute Gasteiger partial charge is 0.420 e. The molecule has 0 aliphatic heterocycles. The monoisotopic (exact) mass is 425 g/mol. The van der Waals surface area contributed by atoms with Crippen LogP contribution in [0.5, 0.6) is 0 Å². The lowest BCUT2D eigenvalue weighted by Gasteiger charge is -2.00. The quantitative estimate of drug-likeness (QED) is 0.371. The Morgan fingerprint density at radius 3 is 2.54 bits per heavy atom. The highest BCUT2D eigenvalue weighted by Gasteiger charge is 2.17. The molecule has 0 aliphatic rings. The minimum atomic E-state index is 0.151. The van der Waals surface area contributed by atoms with E-state index in [-0.39, 0.29) is 6.01 Å². The van der Waals surface area contributed by atoms with Gasteiger partial charge in [0.1, 0.15) is 11.2 Å². The van der Waals surface area contributed by atoms with Crippen molar-refractivity contribution in [2.75, 3.05) is 0 Å². The summed E-state index contributed by atoms with van der Waals surface area (Å²) < 4.78 is 7.02. The Morgan fingerprint density at radius 2 is 1.81 bits per heavy atom. The van der Waals surface area contributed by atoms with Crippen LogP contribution in [0, 0.1) is 0 Å². The Kier molecular flexibility index (Phi) is 4.40. The van der Waals surface area contributed by atoms with Crippen molar-refractivity contribution in [2.24, 2.45) is 0 Å². The van der Waals surface area contributed by atoms with Gasteiger partial charge in [0, 0.05) is 16.8 Å². The highest BCUT2D eigenvalue weighted by atomic mass is 35.5. The number of hydrogen-bond acceptors (Lipinski definition) is 4. The average Bonchev–Trinajstić information content (AvgIpc) is 3.21. The number of hydrogen-bond donors (Lipinski definition) is 0. The normalized spacial score (nSPS) is 11.2. The molecule has 0 unspecified atom stereocenters. The van der Waals surface area contributed by atoms with Crippen molar-refractivity contribution in [1.82, 2.24) is 14.8 Å². The fourth-order valence-corrected chi connectivity index (χ4v) is 3.30. The molecule has 0 saturated heterocycles. The molecule has 4 aromatic rings. The van der Waals surface area contributed by atoms with E-state index in [1.807, 2.05) is 0 Å². The first-order valence-corrected chi connectivity index (χ1v) is 8.73. The van der Waals surface area contributed by atoms with Gasteiger partial charge in [0.05, 0.1) is 20.6 Å². The number of aromatic nitrogens is 3. The molecule has 0 saturated carbocycles. The van der Waals surface area contributed by atoms with E-state index in [9.17, 15) is 4.79 Å². The summed E-state index contributed by atoms with van der Waals surface area (Å²) >= 11 is 24.1. The fraction of sp³-hybridized carbons (Fsp3) is 0. The molecular formula is C17H7Cl4N3O2. The molecule has 9 heteroatoms. The molecule has 0 aliphatic carbocycles. The van der Waals surface area contributed by atoms with Gasteiger partial charge in [-0.25, -0.2) is 0 Å². The predicted molar refractivity (Wildman–Crippen MR) is 102 cm³/mol. The first-order valence-electron chi connectivity index (χ1n) is 7.22. The molecule has 0 atom stereocenters. The van der Waals surface area contributed by atoms with Gasteiger partial charge in [-0.3, -0.25) is 4.79 Å². The zero-order valence-corrected chi connectivity index (χ0v) is 15.7. The maximum absolute atomic E-state index is 11.5. The Bertz CT molecular complexity index is 1170. The first-order chi connectivity index (χ1) is 12.5. The van der Waals surface area contributed by atoms with E-state index in [0.717, 1.165) is 0 Å². The van der Waals surface area contributed by atoms with E-state index in [1.54, 1.807) is 30.3 Å².